The van der Waals surface area contributed by atoms with Gasteiger partial charge in [-0.2, -0.15) is 0 Å². The SMILES string of the molecule is Cc1cc(C(Cc2ccc(Br)cc2F)NN)ccc1Br. The summed E-state index contributed by atoms with van der Waals surface area (Å²) in [7, 11) is 0. The van der Waals surface area contributed by atoms with Crippen LogP contribution in [0, 0.1) is 12.7 Å². The molecule has 0 radical (unpaired) electrons. The van der Waals surface area contributed by atoms with Gasteiger partial charge in [-0.1, -0.05) is 50.1 Å². The van der Waals surface area contributed by atoms with Crippen LogP contribution in [0.15, 0.2) is 45.3 Å². The number of nitrogens with one attached hydrogen (secondary N) is 1. The predicted molar refractivity (Wildman–Crippen MR) is 86.7 cm³/mol. The number of hydrogen-bond acceptors (Lipinski definition) is 2. The van der Waals surface area contributed by atoms with Gasteiger partial charge in [-0.05, 0) is 48.2 Å². The van der Waals surface area contributed by atoms with Gasteiger partial charge >= 0.3 is 0 Å². The summed E-state index contributed by atoms with van der Waals surface area (Å²) in [6.07, 6.45) is 0.497. The summed E-state index contributed by atoms with van der Waals surface area (Å²) in [4.78, 5) is 0. The summed E-state index contributed by atoms with van der Waals surface area (Å²) in [6, 6.07) is 11.0. The number of nitrogens with two attached hydrogens (primary N) is 1. The molecule has 0 aromatic heterocycles. The molecule has 0 amide bonds. The summed E-state index contributed by atoms with van der Waals surface area (Å²) in [5.74, 6) is 5.40. The van der Waals surface area contributed by atoms with Gasteiger partial charge in [-0.15, -0.1) is 0 Å². The minimum absolute atomic E-state index is 0.127. The van der Waals surface area contributed by atoms with Crippen LogP contribution in [0.1, 0.15) is 22.7 Å². The zero-order valence-electron chi connectivity index (χ0n) is 11.0. The van der Waals surface area contributed by atoms with Gasteiger partial charge in [0.15, 0.2) is 0 Å². The molecule has 0 bridgehead atoms. The maximum absolute atomic E-state index is 13.9. The lowest BCUT2D eigenvalue weighted by atomic mass is 9.98. The molecule has 5 heteroatoms. The van der Waals surface area contributed by atoms with E-state index in [1.54, 1.807) is 6.07 Å². The lowest BCUT2D eigenvalue weighted by Gasteiger charge is -2.18. The summed E-state index contributed by atoms with van der Waals surface area (Å²) in [6.45, 7) is 2.02. The van der Waals surface area contributed by atoms with Gasteiger partial charge in [0.1, 0.15) is 5.82 Å². The van der Waals surface area contributed by atoms with Crippen molar-refractivity contribution in [3.8, 4) is 0 Å². The van der Waals surface area contributed by atoms with E-state index in [4.69, 9.17) is 5.84 Å². The van der Waals surface area contributed by atoms with E-state index in [0.717, 1.165) is 20.1 Å². The Bertz CT molecular complexity index is 617. The highest BCUT2D eigenvalue weighted by Gasteiger charge is 2.14. The average Bonchev–Trinajstić information content (AvgIpc) is 2.41. The van der Waals surface area contributed by atoms with Crippen molar-refractivity contribution < 1.29 is 4.39 Å². The van der Waals surface area contributed by atoms with Crippen molar-refractivity contribution in [2.75, 3.05) is 0 Å². The van der Waals surface area contributed by atoms with Crippen LogP contribution >= 0.6 is 31.9 Å². The third kappa shape index (κ3) is 3.67. The third-order valence-corrected chi connectivity index (χ3v) is 4.61. The van der Waals surface area contributed by atoms with Gasteiger partial charge in [0.25, 0.3) is 0 Å². The molecule has 20 heavy (non-hydrogen) atoms. The quantitative estimate of drug-likeness (QED) is 0.588. The van der Waals surface area contributed by atoms with Crippen molar-refractivity contribution >= 4 is 31.9 Å². The summed E-state index contributed by atoms with van der Waals surface area (Å²) in [5.41, 5.74) is 5.56. The van der Waals surface area contributed by atoms with Crippen LogP contribution in [0.25, 0.3) is 0 Å². The molecule has 0 spiro atoms. The van der Waals surface area contributed by atoms with Crippen LogP contribution in [-0.2, 0) is 6.42 Å². The zero-order valence-corrected chi connectivity index (χ0v) is 14.1. The van der Waals surface area contributed by atoms with Crippen molar-refractivity contribution in [1.29, 1.82) is 0 Å². The van der Waals surface area contributed by atoms with Crippen LogP contribution in [-0.4, -0.2) is 0 Å². The van der Waals surface area contributed by atoms with Gasteiger partial charge in [0.2, 0.25) is 0 Å². The Balaban J connectivity index is 2.26. The molecule has 2 nitrogen and oxygen atoms in total. The Kier molecular flexibility index (Phi) is 5.32. The summed E-state index contributed by atoms with van der Waals surface area (Å²) in [5, 5.41) is 0. The first-order valence-corrected chi connectivity index (χ1v) is 7.76. The fraction of sp³-hybridized carbons (Fsp3) is 0.200. The maximum atomic E-state index is 13.9. The van der Waals surface area contributed by atoms with Gasteiger partial charge < -0.3 is 0 Å². The first-order chi connectivity index (χ1) is 9.51. The summed E-state index contributed by atoms with van der Waals surface area (Å²) < 4.78 is 15.7. The van der Waals surface area contributed by atoms with E-state index in [1.807, 2.05) is 31.2 Å². The summed E-state index contributed by atoms with van der Waals surface area (Å²) >= 11 is 6.73. The third-order valence-electron chi connectivity index (χ3n) is 3.22. The average molecular weight is 402 g/mol. The molecule has 0 saturated heterocycles. The molecular weight excluding hydrogens is 387 g/mol. The Morgan fingerprint density at radius 2 is 1.95 bits per heavy atom. The number of rotatable bonds is 4. The van der Waals surface area contributed by atoms with E-state index in [1.165, 1.54) is 6.07 Å². The van der Waals surface area contributed by atoms with E-state index in [0.29, 0.717) is 12.0 Å². The molecule has 0 saturated carbocycles. The van der Waals surface area contributed by atoms with Crippen LogP contribution in [0.5, 0.6) is 0 Å². The molecule has 0 aliphatic rings. The van der Waals surface area contributed by atoms with Crippen LogP contribution in [0.2, 0.25) is 0 Å². The molecule has 0 heterocycles. The number of aryl methyl sites for hydroxylation is 1. The zero-order chi connectivity index (χ0) is 14.7. The van der Waals surface area contributed by atoms with E-state index in [9.17, 15) is 4.39 Å². The van der Waals surface area contributed by atoms with E-state index >= 15 is 0 Å². The number of hydrazine groups is 1. The Morgan fingerprint density at radius 3 is 2.55 bits per heavy atom. The second kappa shape index (κ2) is 6.80. The predicted octanol–water partition coefficient (Wildman–Crippen LogP) is 4.41. The second-order valence-electron chi connectivity index (χ2n) is 4.67. The number of hydrogen-bond donors (Lipinski definition) is 2. The van der Waals surface area contributed by atoms with Crippen molar-refractivity contribution in [3.63, 3.8) is 0 Å². The normalized spacial score (nSPS) is 12.4. The van der Waals surface area contributed by atoms with Gasteiger partial charge in [-0.3, -0.25) is 11.3 Å². The highest BCUT2D eigenvalue weighted by molar-refractivity contribution is 9.10. The topological polar surface area (TPSA) is 38.0 Å². The molecular formula is C15H15Br2FN2. The minimum atomic E-state index is -0.228. The lowest BCUT2D eigenvalue weighted by Crippen LogP contribution is -2.29. The number of halogens is 3. The van der Waals surface area contributed by atoms with Crippen molar-refractivity contribution in [1.82, 2.24) is 5.43 Å². The molecule has 2 aromatic rings. The Hall–Kier alpha value is -0.750. The standard InChI is InChI=1S/C15H15Br2FN2/c1-9-6-11(3-5-13(9)17)15(20-19)7-10-2-4-12(16)8-14(10)18/h2-6,8,15,20H,7,19H2,1H3. The molecule has 106 valence electrons. The monoisotopic (exact) mass is 400 g/mol. The fourth-order valence-corrected chi connectivity index (χ4v) is 2.64. The molecule has 0 fully saturated rings. The molecule has 1 atom stereocenters. The number of benzene rings is 2. The molecule has 0 aliphatic carbocycles. The lowest BCUT2D eigenvalue weighted by molar-refractivity contribution is 0.528. The largest absolute Gasteiger partial charge is 0.271 e. The van der Waals surface area contributed by atoms with Crippen LogP contribution in [0.3, 0.4) is 0 Å². The second-order valence-corrected chi connectivity index (χ2v) is 6.44. The molecule has 1 unspecified atom stereocenters. The molecule has 0 aliphatic heterocycles. The smallest absolute Gasteiger partial charge is 0.127 e. The Labute approximate surface area is 134 Å². The fourth-order valence-electron chi connectivity index (χ4n) is 2.06. The van der Waals surface area contributed by atoms with Crippen molar-refractivity contribution in [2.45, 2.75) is 19.4 Å². The van der Waals surface area contributed by atoms with Gasteiger partial charge in [0, 0.05) is 8.95 Å². The molecule has 3 N–H and O–H groups in total. The first kappa shape index (κ1) is 15.6. The van der Waals surface area contributed by atoms with E-state index < -0.39 is 0 Å². The first-order valence-electron chi connectivity index (χ1n) is 6.17. The van der Waals surface area contributed by atoms with Crippen LogP contribution < -0.4 is 11.3 Å². The molecule has 2 rings (SSSR count). The van der Waals surface area contributed by atoms with E-state index in [2.05, 4.69) is 37.3 Å². The van der Waals surface area contributed by atoms with Gasteiger partial charge in [-0.25, -0.2) is 4.39 Å². The highest BCUT2D eigenvalue weighted by Crippen LogP contribution is 2.25. The van der Waals surface area contributed by atoms with Gasteiger partial charge in [0.05, 0.1) is 6.04 Å². The maximum Gasteiger partial charge on any atom is 0.127 e. The van der Waals surface area contributed by atoms with Crippen LogP contribution in [0.4, 0.5) is 4.39 Å². The Morgan fingerprint density at radius 1 is 1.20 bits per heavy atom. The minimum Gasteiger partial charge on any atom is -0.271 e. The highest BCUT2D eigenvalue weighted by atomic mass is 79.9. The van der Waals surface area contributed by atoms with Crippen molar-refractivity contribution in [2.24, 2.45) is 5.84 Å². The molecule has 2 aromatic carbocycles. The van der Waals surface area contributed by atoms with Crippen molar-refractivity contribution in [3.05, 3.63) is 67.9 Å². The van der Waals surface area contributed by atoms with E-state index in [-0.39, 0.29) is 11.9 Å².